The van der Waals surface area contributed by atoms with Gasteiger partial charge in [0.25, 0.3) is 0 Å². The molecule has 0 spiro atoms. The zero-order valence-corrected chi connectivity index (χ0v) is 16.8. The average Bonchev–Trinajstić information content (AvgIpc) is 2.92. The van der Waals surface area contributed by atoms with E-state index in [0.717, 1.165) is 24.1 Å². The van der Waals surface area contributed by atoms with Crippen molar-refractivity contribution in [2.24, 2.45) is 0 Å². The number of halogens is 1. The maximum Gasteiger partial charge on any atom is 0.233 e. The summed E-state index contributed by atoms with van der Waals surface area (Å²) in [7, 11) is 0. The van der Waals surface area contributed by atoms with Gasteiger partial charge in [0.1, 0.15) is 6.33 Å². The van der Waals surface area contributed by atoms with Gasteiger partial charge < -0.3 is 5.32 Å². The van der Waals surface area contributed by atoms with E-state index in [1.54, 1.807) is 6.33 Å². The Labute approximate surface area is 163 Å². The van der Waals surface area contributed by atoms with Crippen LogP contribution in [0.15, 0.2) is 29.7 Å². The van der Waals surface area contributed by atoms with Crippen LogP contribution < -0.4 is 5.32 Å². The first kappa shape index (κ1) is 19.2. The molecule has 1 aromatic carbocycles. The van der Waals surface area contributed by atoms with E-state index in [1.165, 1.54) is 37.4 Å². The molecule has 3 rings (SSSR count). The highest BCUT2D eigenvalue weighted by molar-refractivity contribution is 8.00. The quantitative estimate of drug-likeness (QED) is 0.599. The molecule has 1 atom stereocenters. The van der Waals surface area contributed by atoms with E-state index >= 15 is 0 Å². The van der Waals surface area contributed by atoms with Crippen LogP contribution in [0.1, 0.15) is 51.0 Å². The molecule has 1 heterocycles. The monoisotopic (exact) mass is 392 g/mol. The first-order valence-electron chi connectivity index (χ1n) is 9.18. The lowest BCUT2D eigenvalue weighted by Crippen LogP contribution is -2.39. The molecule has 2 aromatic rings. The van der Waals surface area contributed by atoms with Crippen LogP contribution in [0.5, 0.6) is 0 Å². The van der Waals surface area contributed by atoms with Crippen molar-refractivity contribution in [1.82, 2.24) is 20.1 Å². The zero-order chi connectivity index (χ0) is 18.5. The second-order valence-corrected chi connectivity index (χ2v) is 8.59. The molecular weight excluding hydrogens is 368 g/mol. The number of hydrogen-bond donors (Lipinski definition) is 1. The summed E-state index contributed by atoms with van der Waals surface area (Å²) in [6.07, 6.45) is 8.78. The summed E-state index contributed by atoms with van der Waals surface area (Å²) in [6, 6.07) is 6.14. The molecule has 1 unspecified atom stereocenters. The zero-order valence-electron chi connectivity index (χ0n) is 15.2. The van der Waals surface area contributed by atoms with Crippen molar-refractivity contribution >= 4 is 29.3 Å². The number of nitrogens with one attached hydrogen (secondary N) is 1. The highest BCUT2D eigenvalue weighted by Crippen LogP contribution is 2.27. The fraction of sp³-hybridized carbons (Fsp3) is 0.526. The Balaban J connectivity index is 1.66. The van der Waals surface area contributed by atoms with Crippen LogP contribution in [0.2, 0.25) is 5.02 Å². The summed E-state index contributed by atoms with van der Waals surface area (Å²) in [5, 5.41) is 12.6. The molecule has 1 fully saturated rings. The van der Waals surface area contributed by atoms with E-state index in [2.05, 4.69) is 15.5 Å². The fourth-order valence-electron chi connectivity index (χ4n) is 3.17. The average molecular weight is 393 g/mol. The highest BCUT2D eigenvalue weighted by Gasteiger charge is 2.22. The van der Waals surface area contributed by atoms with Gasteiger partial charge in [0.2, 0.25) is 5.91 Å². The molecule has 1 aromatic heterocycles. The third-order valence-corrected chi connectivity index (χ3v) is 6.27. The minimum Gasteiger partial charge on any atom is -0.352 e. The topological polar surface area (TPSA) is 59.8 Å². The summed E-state index contributed by atoms with van der Waals surface area (Å²) in [5.41, 5.74) is 1.92. The van der Waals surface area contributed by atoms with Gasteiger partial charge in [-0.2, -0.15) is 0 Å². The van der Waals surface area contributed by atoms with E-state index < -0.39 is 0 Å². The number of aromatic nitrogens is 3. The molecular formula is C19H25ClN4OS. The minimum atomic E-state index is -0.234. The molecule has 140 valence electrons. The maximum atomic E-state index is 12.6. The first-order valence-corrected chi connectivity index (χ1v) is 10.4. The van der Waals surface area contributed by atoms with Crippen molar-refractivity contribution in [2.45, 2.75) is 68.8 Å². The van der Waals surface area contributed by atoms with Gasteiger partial charge in [-0.1, -0.05) is 55.1 Å². The van der Waals surface area contributed by atoms with E-state index in [0.29, 0.717) is 16.2 Å². The van der Waals surface area contributed by atoms with E-state index in [-0.39, 0.29) is 11.2 Å². The molecule has 7 heteroatoms. The lowest BCUT2D eigenvalue weighted by Gasteiger charge is -2.19. The van der Waals surface area contributed by atoms with Crippen molar-refractivity contribution in [3.8, 4) is 5.69 Å². The fourth-order valence-corrected chi connectivity index (χ4v) is 4.19. The minimum absolute atomic E-state index is 0.0680. The molecule has 26 heavy (non-hydrogen) atoms. The molecule has 1 amide bonds. The van der Waals surface area contributed by atoms with Gasteiger partial charge in [0.05, 0.1) is 10.9 Å². The van der Waals surface area contributed by atoms with Crippen LogP contribution >= 0.6 is 23.4 Å². The van der Waals surface area contributed by atoms with Gasteiger partial charge >= 0.3 is 0 Å². The van der Waals surface area contributed by atoms with Gasteiger partial charge in [0.15, 0.2) is 5.16 Å². The Hall–Kier alpha value is -1.53. The number of aryl methyl sites for hydroxylation is 1. The number of benzene rings is 1. The first-order chi connectivity index (χ1) is 12.5. The van der Waals surface area contributed by atoms with E-state index in [9.17, 15) is 4.79 Å². The van der Waals surface area contributed by atoms with E-state index in [1.807, 2.05) is 36.6 Å². The van der Waals surface area contributed by atoms with Gasteiger partial charge in [-0.25, -0.2) is 0 Å². The number of thioether (sulfide) groups is 1. The van der Waals surface area contributed by atoms with E-state index in [4.69, 9.17) is 11.6 Å². The van der Waals surface area contributed by atoms with Crippen LogP contribution in [0.3, 0.4) is 0 Å². The number of hydrogen-bond acceptors (Lipinski definition) is 4. The van der Waals surface area contributed by atoms with Crippen molar-refractivity contribution in [1.29, 1.82) is 0 Å². The third-order valence-electron chi connectivity index (χ3n) is 4.80. The molecule has 1 N–H and O–H groups in total. The predicted octanol–water partition coefficient (Wildman–Crippen LogP) is 4.55. The molecule has 0 bridgehead atoms. The summed E-state index contributed by atoms with van der Waals surface area (Å²) in [4.78, 5) is 12.6. The summed E-state index contributed by atoms with van der Waals surface area (Å²) in [5.74, 6) is 0.0680. The predicted molar refractivity (Wildman–Crippen MR) is 106 cm³/mol. The molecule has 1 saturated carbocycles. The lowest BCUT2D eigenvalue weighted by atomic mass is 10.1. The highest BCUT2D eigenvalue weighted by atomic mass is 35.5. The Morgan fingerprint density at radius 3 is 2.73 bits per heavy atom. The Kier molecular flexibility index (Phi) is 6.59. The molecule has 5 nitrogen and oxygen atoms in total. The van der Waals surface area contributed by atoms with Gasteiger partial charge in [-0.05, 0) is 44.4 Å². The number of rotatable bonds is 5. The Morgan fingerprint density at radius 2 is 2.04 bits per heavy atom. The number of carbonyl (C=O) groups is 1. The van der Waals surface area contributed by atoms with Gasteiger partial charge in [-0.3, -0.25) is 9.36 Å². The summed E-state index contributed by atoms with van der Waals surface area (Å²) >= 11 is 7.65. The molecule has 0 radical (unpaired) electrons. The maximum absolute atomic E-state index is 12.6. The van der Waals surface area contributed by atoms with Crippen LogP contribution in [-0.4, -0.2) is 32.0 Å². The lowest BCUT2D eigenvalue weighted by molar-refractivity contribution is -0.121. The van der Waals surface area contributed by atoms with Crippen molar-refractivity contribution < 1.29 is 4.79 Å². The number of nitrogens with zero attached hydrogens (tertiary/aromatic N) is 3. The van der Waals surface area contributed by atoms with Crippen LogP contribution in [-0.2, 0) is 4.79 Å². The van der Waals surface area contributed by atoms with Gasteiger partial charge in [-0.15, -0.1) is 10.2 Å². The Morgan fingerprint density at radius 1 is 1.31 bits per heavy atom. The normalized spacial score (nSPS) is 16.9. The second kappa shape index (κ2) is 8.91. The summed E-state index contributed by atoms with van der Waals surface area (Å²) in [6.45, 7) is 3.88. The molecule has 1 aliphatic carbocycles. The Bertz CT molecular complexity index is 756. The second-order valence-electron chi connectivity index (χ2n) is 6.87. The SMILES string of the molecule is Cc1ccc(-n2cnnc2SC(C)C(=O)NC2CCCCCC2)cc1Cl. The van der Waals surface area contributed by atoms with Gasteiger partial charge in [0, 0.05) is 11.1 Å². The molecule has 1 aliphatic rings. The standard InChI is InChI=1S/C19H25ClN4OS/c1-13-9-10-16(11-17(13)20)24-12-21-23-19(24)26-14(2)18(25)22-15-7-5-3-4-6-8-15/h9-12,14-15H,3-8H2,1-2H3,(H,22,25). The smallest absolute Gasteiger partial charge is 0.233 e. The largest absolute Gasteiger partial charge is 0.352 e. The van der Waals surface area contributed by atoms with Crippen molar-refractivity contribution in [3.63, 3.8) is 0 Å². The number of amides is 1. The van der Waals surface area contributed by atoms with Crippen LogP contribution in [0.4, 0.5) is 0 Å². The van der Waals surface area contributed by atoms with Crippen molar-refractivity contribution in [2.75, 3.05) is 0 Å². The van der Waals surface area contributed by atoms with Crippen molar-refractivity contribution in [3.05, 3.63) is 35.1 Å². The third kappa shape index (κ3) is 4.80. The number of carbonyl (C=O) groups excluding carboxylic acids is 1. The molecule has 0 saturated heterocycles. The van der Waals surface area contributed by atoms with Crippen LogP contribution in [0.25, 0.3) is 5.69 Å². The van der Waals surface area contributed by atoms with Crippen LogP contribution in [0, 0.1) is 6.92 Å². The summed E-state index contributed by atoms with van der Waals surface area (Å²) < 4.78 is 1.87. The molecule has 0 aliphatic heterocycles.